The number of aromatic nitrogens is 4. The van der Waals surface area contributed by atoms with Gasteiger partial charge in [-0.05, 0) is 98.0 Å². The summed E-state index contributed by atoms with van der Waals surface area (Å²) in [5, 5.41) is 13.1. The smallest absolute Gasteiger partial charge is 0.235 e. The summed E-state index contributed by atoms with van der Waals surface area (Å²) < 4.78 is 4.68. The second-order valence-electron chi connectivity index (χ2n) is 15.8. The van der Waals surface area contributed by atoms with Crippen molar-refractivity contribution in [1.82, 2.24) is 19.1 Å². The monoisotopic (exact) mass is 762 g/mol. The van der Waals surface area contributed by atoms with E-state index >= 15 is 0 Å². The van der Waals surface area contributed by atoms with Gasteiger partial charge in [-0.1, -0.05) is 152 Å². The molecule has 4 nitrogen and oxygen atoms in total. The Kier molecular flexibility index (Phi) is 6.98. The van der Waals surface area contributed by atoms with Crippen molar-refractivity contribution in [3.8, 4) is 34.0 Å². The van der Waals surface area contributed by atoms with Crippen LogP contribution in [0.5, 0.6) is 0 Å². The molecular formula is C56H34N4. The minimum atomic E-state index is 0.654. The van der Waals surface area contributed by atoms with Crippen molar-refractivity contribution in [3.05, 3.63) is 206 Å². The topological polar surface area (TPSA) is 35.6 Å². The molecule has 0 unspecified atom stereocenters. The summed E-state index contributed by atoms with van der Waals surface area (Å²) in [5.41, 5.74) is 10.9. The van der Waals surface area contributed by atoms with Gasteiger partial charge in [0.15, 0.2) is 0 Å². The lowest BCUT2D eigenvalue weighted by Crippen LogP contribution is -2.03. The maximum atomic E-state index is 5.44. The van der Waals surface area contributed by atoms with Crippen LogP contribution in [-0.4, -0.2) is 19.1 Å². The van der Waals surface area contributed by atoms with Crippen LogP contribution < -0.4 is 0 Å². The lowest BCUT2D eigenvalue weighted by molar-refractivity contribution is 1.01. The van der Waals surface area contributed by atoms with Crippen LogP contribution in [0.15, 0.2) is 206 Å². The summed E-state index contributed by atoms with van der Waals surface area (Å²) in [6.07, 6.45) is 0. The lowest BCUT2D eigenvalue weighted by atomic mass is 9.99. The summed E-state index contributed by atoms with van der Waals surface area (Å²) in [6.45, 7) is 0. The first-order chi connectivity index (χ1) is 29.7. The van der Waals surface area contributed by atoms with Crippen molar-refractivity contribution in [1.29, 1.82) is 0 Å². The van der Waals surface area contributed by atoms with E-state index in [9.17, 15) is 0 Å². The molecule has 278 valence electrons. The van der Waals surface area contributed by atoms with Crippen molar-refractivity contribution in [2.45, 2.75) is 0 Å². The highest BCUT2D eigenvalue weighted by Gasteiger charge is 2.20. The van der Waals surface area contributed by atoms with E-state index in [1.807, 2.05) is 0 Å². The highest BCUT2D eigenvalue weighted by Crippen LogP contribution is 2.41. The summed E-state index contributed by atoms with van der Waals surface area (Å²) >= 11 is 0. The fourth-order valence-electron chi connectivity index (χ4n) is 9.65. The number of hydrogen-bond acceptors (Lipinski definition) is 2. The molecule has 0 saturated heterocycles. The van der Waals surface area contributed by atoms with Gasteiger partial charge in [-0.25, -0.2) is 9.97 Å². The second kappa shape index (κ2) is 12.7. The quantitative estimate of drug-likeness (QED) is 0.179. The van der Waals surface area contributed by atoms with E-state index in [-0.39, 0.29) is 0 Å². The summed E-state index contributed by atoms with van der Waals surface area (Å²) in [5.74, 6) is 0.654. The lowest BCUT2D eigenvalue weighted by Gasteiger charge is -2.12. The van der Waals surface area contributed by atoms with E-state index in [2.05, 4.69) is 215 Å². The number of benzene rings is 10. The molecule has 0 aliphatic heterocycles. The van der Waals surface area contributed by atoms with Crippen molar-refractivity contribution >= 4 is 86.8 Å². The third-order valence-corrected chi connectivity index (χ3v) is 12.5. The van der Waals surface area contributed by atoms with E-state index in [1.165, 1.54) is 64.9 Å². The fourth-order valence-corrected chi connectivity index (χ4v) is 9.65. The zero-order valence-electron chi connectivity index (χ0n) is 32.4. The van der Waals surface area contributed by atoms with Gasteiger partial charge in [0.25, 0.3) is 0 Å². The molecule has 0 saturated carbocycles. The molecule has 0 spiro atoms. The van der Waals surface area contributed by atoms with E-state index in [0.717, 1.165) is 50.0 Å². The van der Waals surface area contributed by atoms with Crippen LogP contribution >= 0.6 is 0 Å². The number of hydrogen-bond donors (Lipinski definition) is 0. The van der Waals surface area contributed by atoms with Gasteiger partial charge in [0, 0.05) is 38.2 Å². The first kappa shape index (κ1) is 32.9. The van der Waals surface area contributed by atoms with Crippen LogP contribution in [-0.2, 0) is 0 Å². The average Bonchev–Trinajstić information content (AvgIpc) is 3.83. The second-order valence-corrected chi connectivity index (χ2v) is 15.8. The van der Waals surface area contributed by atoms with Crippen LogP contribution in [0.25, 0.3) is 121 Å². The van der Waals surface area contributed by atoms with E-state index < -0.39 is 0 Å². The number of rotatable bonds is 4. The molecule has 0 N–H and O–H groups in total. The molecule has 0 atom stereocenters. The van der Waals surface area contributed by atoms with E-state index in [1.54, 1.807) is 0 Å². The van der Waals surface area contributed by atoms with Gasteiger partial charge < -0.3 is 4.57 Å². The molecule has 0 radical (unpaired) electrons. The third-order valence-electron chi connectivity index (χ3n) is 12.5. The Morgan fingerprint density at radius 3 is 1.73 bits per heavy atom. The van der Waals surface area contributed by atoms with Crippen LogP contribution in [0.2, 0.25) is 0 Å². The Hall–Kier alpha value is -8.08. The van der Waals surface area contributed by atoms with Crippen LogP contribution in [0.4, 0.5) is 0 Å². The van der Waals surface area contributed by atoms with Gasteiger partial charge >= 0.3 is 0 Å². The Morgan fingerprint density at radius 2 is 0.883 bits per heavy atom. The van der Waals surface area contributed by atoms with Crippen molar-refractivity contribution in [2.75, 3.05) is 0 Å². The minimum absolute atomic E-state index is 0.654. The van der Waals surface area contributed by atoms with Crippen LogP contribution in [0, 0.1) is 0 Å². The highest BCUT2D eigenvalue weighted by atomic mass is 15.2. The standard InChI is InChI=1S/C56H34N4/c1-3-14-38-31-42(22-21-35(38)11-1)55-47-18-7-9-19-49(47)57-56(58-55)60-51-29-26-40(33-48(51)54-44-16-6-5-13-37(44)25-30-52(54)60)41-24-28-46-45-17-8-10-20-50(45)59(53(46)34-41)43-27-23-36-12-2-4-15-39(36)32-43/h1-34H. The molecule has 0 amide bonds. The van der Waals surface area contributed by atoms with Crippen molar-refractivity contribution < 1.29 is 0 Å². The van der Waals surface area contributed by atoms with Gasteiger partial charge in [-0.15, -0.1) is 0 Å². The first-order valence-corrected chi connectivity index (χ1v) is 20.5. The summed E-state index contributed by atoms with van der Waals surface area (Å²) in [7, 11) is 0. The molecule has 0 fully saturated rings. The molecule has 10 aromatic carbocycles. The third kappa shape index (κ3) is 4.91. The SMILES string of the molecule is c1ccc2cc(-c3nc(-n4c5ccc(-c6ccc7c8ccccc8n(-c8ccc9ccccc9c8)c7c6)cc5c5c6ccccc6ccc54)nc4ccccc34)ccc2c1. The normalized spacial score (nSPS) is 12.0. The van der Waals surface area contributed by atoms with E-state index in [4.69, 9.17) is 9.97 Å². The molecule has 3 heterocycles. The molecule has 3 aromatic heterocycles. The van der Waals surface area contributed by atoms with Gasteiger partial charge in [0.1, 0.15) is 0 Å². The number of nitrogens with zero attached hydrogens (tertiary/aromatic N) is 4. The largest absolute Gasteiger partial charge is 0.309 e. The molecule has 4 heteroatoms. The maximum absolute atomic E-state index is 5.44. The van der Waals surface area contributed by atoms with Crippen molar-refractivity contribution in [3.63, 3.8) is 0 Å². The predicted molar refractivity (Wildman–Crippen MR) is 252 cm³/mol. The molecule has 13 aromatic rings. The van der Waals surface area contributed by atoms with E-state index in [0.29, 0.717) is 5.95 Å². The van der Waals surface area contributed by atoms with Gasteiger partial charge in [-0.2, -0.15) is 0 Å². The average molecular weight is 763 g/mol. The Balaban J connectivity index is 1.05. The zero-order chi connectivity index (χ0) is 39.3. The molecule has 13 rings (SSSR count). The Bertz CT molecular complexity index is 3910. The molecule has 0 aliphatic carbocycles. The zero-order valence-corrected chi connectivity index (χ0v) is 32.4. The first-order valence-electron chi connectivity index (χ1n) is 20.5. The van der Waals surface area contributed by atoms with Crippen molar-refractivity contribution in [2.24, 2.45) is 0 Å². The summed E-state index contributed by atoms with van der Waals surface area (Å²) in [4.78, 5) is 10.7. The summed E-state index contributed by atoms with van der Waals surface area (Å²) in [6, 6.07) is 74.6. The fraction of sp³-hybridized carbons (Fsp3) is 0. The highest BCUT2D eigenvalue weighted by molar-refractivity contribution is 6.22. The Labute approximate surface area is 344 Å². The number of fused-ring (bicyclic) bond motifs is 11. The Morgan fingerprint density at radius 1 is 0.300 bits per heavy atom. The van der Waals surface area contributed by atoms with Gasteiger partial charge in [0.2, 0.25) is 5.95 Å². The van der Waals surface area contributed by atoms with Gasteiger partial charge in [-0.3, -0.25) is 4.57 Å². The molecular weight excluding hydrogens is 729 g/mol. The van der Waals surface area contributed by atoms with Gasteiger partial charge in [0.05, 0.1) is 33.3 Å². The van der Waals surface area contributed by atoms with Crippen LogP contribution in [0.3, 0.4) is 0 Å². The molecule has 60 heavy (non-hydrogen) atoms. The molecule has 0 bridgehead atoms. The molecule has 0 aliphatic rings. The number of para-hydroxylation sites is 2. The van der Waals surface area contributed by atoms with Crippen LogP contribution in [0.1, 0.15) is 0 Å². The maximum Gasteiger partial charge on any atom is 0.235 e. The predicted octanol–water partition coefficient (Wildman–Crippen LogP) is 14.6. The minimum Gasteiger partial charge on any atom is -0.309 e.